The molecule has 0 aliphatic carbocycles. The minimum Gasteiger partial charge on any atom is -0.464 e. The summed E-state index contributed by atoms with van der Waals surface area (Å²) >= 11 is 0. The van der Waals surface area contributed by atoms with E-state index in [9.17, 15) is 4.79 Å². The molecule has 28 heavy (non-hydrogen) atoms. The van der Waals surface area contributed by atoms with Crippen molar-refractivity contribution in [2.24, 2.45) is 11.8 Å². The van der Waals surface area contributed by atoms with E-state index in [1.807, 2.05) is 13.0 Å². The Morgan fingerprint density at radius 3 is 2.18 bits per heavy atom. The van der Waals surface area contributed by atoms with Crippen molar-refractivity contribution in [2.75, 3.05) is 13.2 Å². The molecule has 0 heterocycles. The predicted molar refractivity (Wildman–Crippen MR) is 117 cm³/mol. The second-order valence-electron chi connectivity index (χ2n) is 7.88. The average Bonchev–Trinajstić information content (AvgIpc) is 2.74. The third kappa shape index (κ3) is 7.24. The molecule has 0 saturated carbocycles. The van der Waals surface area contributed by atoms with Gasteiger partial charge < -0.3 is 9.47 Å². The van der Waals surface area contributed by atoms with E-state index in [4.69, 9.17) is 9.47 Å². The number of ether oxygens (including phenoxy) is 2. The first kappa shape index (κ1) is 24.7. The van der Waals surface area contributed by atoms with Crippen LogP contribution in [0.15, 0.2) is 30.3 Å². The van der Waals surface area contributed by atoms with Gasteiger partial charge in [0.25, 0.3) is 0 Å². The second kappa shape index (κ2) is 13.8. The maximum atomic E-state index is 13.2. The summed E-state index contributed by atoms with van der Waals surface area (Å²) in [6.45, 7) is 11.8. The van der Waals surface area contributed by atoms with Gasteiger partial charge in [0, 0.05) is 0 Å². The summed E-state index contributed by atoms with van der Waals surface area (Å²) in [5.41, 5.74) is 0.484. The molecule has 3 nitrogen and oxygen atoms in total. The normalized spacial score (nSPS) is 14.6. The number of esters is 1. The molecule has 0 radical (unpaired) electrons. The van der Waals surface area contributed by atoms with Crippen molar-refractivity contribution in [3.05, 3.63) is 35.9 Å². The van der Waals surface area contributed by atoms with Crippen LogP contribution in [0.25, 0.3) is 0 Å². The van der Waals surface area contributed by atoms with Gasteiger partial charge in [-0.05, 0) is 49.5 Å². The fourth-order valence-corrected chi connectivity index (χ4v) is 3.93. The van der Waals surface area contributed by atoms with Crippen LogP contribution >= 0.6 is 0 Å². The molecule has 2 unspecified atom stereocenters. The third-order valence-electron chi connectivity index (χ3n) is 5.96. The first-order chi connectivity index (χ1) is 13.6. The molecular formula is C25H42O3. The number of hydrogen-bond acceptors (Lipinski definition) is 3. The van der Waals surface area contributed by atoms with Crippen LogP contribution in [0, 0.1) is 11.8 Å². The minimum absolute atomic E-state index is 0.158. The number of benzene rings is 1. The van der Waals surface area contributed by atoms with E-state index in [0.717, 1.165) is 44.9 Å². The van der Waals surface area contributed by atoms with Crippen molar-refractivity contribution in [2.45, 2.75) is 91.6 Å². The first-order valence-electron chi connectivity index (χ1n) is 11.4. The molecule has 1 aromatic rings. The van der Waals surface area contributed by atoms with Crippen molar-refractivity contribution in [1.82, 2.24) is 0 Å². The molecule has 0 aromatic heterocycles. The zero-order valence-corrected chi connectivity index (χ0v) is 18.8. The van der Waals surface area contributed by atoms with Crippen LogP contribution in [0.3, 0.4) is 0 Å². The van der Waals surface area contributed by atoms with Gasteiger partial charge >= 0.3 is 5.97 Å². The molecule has 0 bridgehead atoms. The van der Waals surface area contributed by atoms with E-state index in [1.165, 1.54) is 5.56 Å². The van der Waals surface area contributed by atoms with Crippen LogP contribution in [0.2, 0.25) is 0 Å². The van der Waals surface area contributed by atoms with Crippen molar-refractivity contribution < 1.29 is 14.3 Å². The number of carbonyl (C=O) groups excluding carboxylic acids is 1. The Labute approximate surface area is 173 Å². The molecule has 1 aromatic carbocycles. The number of carbonyl (C=O) groups is 1. The summed E-state index contributed by atoms with van der Waals surface area (Å²) < 4.78 is 12.2. The lowest BCUT2D eigenvalue weighted by atomic mass is 9.78. The third-order valence-corrected chi connectivity index (χ3v) is 5.96. The molecule has 1 rings (SSSR count). The van der Waals surface area contributed by atoms with Crippen molar-refractivity contribution in [1.29, 1.82) is 0 Å². The van der Waals surface area contributed by atoms with Crippen LogP contribution in [-0.4, -0.2) is 24.8 Å². The maximum absolute atomic E-state index is 13.2. The molecule has 0 N–H and O–H groups in total. The maximum Gasteiger partial charge on any atom is 0.338 e. The predicted octanol–water partition coefficient (Wildman–Crippen LogP) is 6.59. The SMILES string of the molecule is CCCOC(=O)C(CC)(OCC(CC)CC)C(CCC)CCc1ccccc1. The van der Waals surface area contributed by atoms with Crippen LogP contribution < -0.4 is 0 Å². The monoisotopic (exact) mass is 390 g/mol. The molecular weight excluding hydrogens is 348 g/mol. The Morgan fingerprint density at radius 2 is 1.64 bits per heavy atom. The second-order valence-corrected chi connectivity index (χ2v) is 7.88. The van der Waals surface area contributed by atoms with E-state index < -0.39 is 5.60 Å². The zero-order valence-electron chi connectivity index (χ0n) is 18.8. The summed E-state index contributed by atoms with van der Waals surface area (Å²) in [6, 6.07) is 10.5. The van der Waals surface area contributed by atoms with E-state index in [2.05, 4.69) is 52.0 Å². The number of aryl methyl sites for hydroxylation is 1. The van der Waals surface area contributed by atoms with Crippen molar-refractivity contribution in [3.8, 4) is 0 Å². The average molecular weight is 391 g/mol. The van der Waals surface area contributed by atoms with Crippen molar-refractivity contribution >= 4 is 5.97 Å². The Bertz CT molecular complexity index is 524. The fraction of sp³-hybridized carbons (Fsp3) is 0.720. The highest BCUT2D eigenvalue weighted by Crippen LogP contribution is 2.36. The van der Waals surface area contributed by atoms with Crippen LogP contribution in [0.5, 0.6) is 0 Å². The van der Waals surface area contributed by atoms with Crippen molar-refractivity contribution in [3.63, 3.8) is 0 Å². The van der Waals surface area contributed by atoms with Crippen LogP contribution in [-0.2, 0) is 20.7 Å². The largest absolute Gasteiger partial charge is 0.464 e. The molecule has 0 spiro atoms. The molecule has 3 heteroatoms. The standard InChI is InChI=1S/C25H42O3/c1-6-14-23(18-17-22-15-12-11-13-16-22)25(10-5,24(26)27-19-7-2)28-20-21(8-3)9-4/h11-13,15-16,21,23H,6-10,14,17-20H2,1-5H3. The molecule has 0 fully saturated rings. The summed E-state index contributed by atoms with van der Waals surface area (Å²) in [7, 11) is 0. The highest BCUT2D eigenvalue weighted by Gasteiger charge is 2.46. The summed E-state index contributed by atoms with van der Waals surface area (Å²) in [5, 5.41) is 0. The molecule has 2 atom stereocenters. The van der Waals surface area contributed by atoms with Crippen LogP contribution in [0.1, 0.15) is 85.1 Å². The van der Waals surface area contributed by atoms with Gasteiger partial charge in [-0.1, -0.05) is 84.2 Å². The van der Waals surface area contributed by atoms with Gasteiger partial charge in [0.15, 0.2) is 5.60 Å². The van der Waals surface area contributed by atoms with E-state index >= 15 is 0 Å². The van der Waals surface area contributed by atoms with Gasteiger partial charge in [0.1, 0.15) is 0 Å². The van der Waals surface area contributed by atoms with Gasteiger partial charge in [-0.2, -0.15) is 0 Å². The molecule has 160 valence electrons. The van der Waals surface area contributed by atoms with E-state index in [1.54, 1.807) is 0 Å². The first-order valence-corrected chi connectivity index (χ1v) is 11.4. The van der Waals surface area contributed by atoms with Crippen LogP contribution in [0.4, 0.5) is 0 Å². The zero-order chi connectivity index (χ0) is 20.8. The Kier molecular flexibility index (Phi) is 12.1. The lowest BCUT2D eigenvalue weighted by Crippen LogP contribution is -2.50. The summed E-state index contributed by atoms with van der Waals surface area (Å²) in [4.78, 5) is 13.2. The van der Waals surface area contributed by atoms with E-state index in [-0.39, 0.29) is 11.9 Å². The van der Waals surface area contributed by atoms with Gasteiger partial charge in [0.2, 0.25) is 0 Å². The smallest absolute Gasteiger partial charge is 0.338 e. The van der Waals surface area contributed by atoms with Gasteiger partial charge in [0.05, 0.1) is 13.2 Å². The Balaban J connectivity index is 3.07. The molecule has 0 aliphatic rings. The summed E-state index contributed by atoms with van der Waals surface area (Å²) in [6.07, 6.45) is 7.56. The topological polar surface area (TPSA) is 35.5 Å². The molecule has 0 aliphatic heterocycles. The van der Waals surface area contributed by atoms with Gasteiger partial charge in [-0.3, -0.25) is 0 Å². The quantitative estimate of drug-likeness (QED) is 0.317. The Morgan fingerprint density at radius 1 is 0.964 bits per heavy atom. The lowest BCUT2D eigenvalue weighted by Gasteiger charge is -2.39. The highest BCUT2D eigenvalue weighted by molar-refractivity contribution is 5.80. The fourth-order valence-electron chi connectivity index (χ4n) is 3.93. The molecule has 0 amide bonds. The summed E-state index contributed by atoms with van der Waals surface area (Å²) in [5.74, 6) is 0.497. The number of hydrogen-bond donors (Lipinski definition) is 0. The molecule has 0 saturated heterocycles. The minimum atomic E-state index is -0.831. The Hall–Kier alpha value is -1.35. The van der Waals surface area contributed by atoms with Gasteiger partial charge in [-0.15, -0.1) is 0 Å². The lowest BCUT2D eigenvalue weighted by molar-refractivity contribution is -0.186. The highest BCUT2D eigenvalue weighted by atomic mass is 16.6. The van der Waals surface area contributed by atoms with E-state index in [0.29, 0.717) is 25.6 Å². The number of rotatable bonds is 15. The van der Waals surface area contributed by atoms with Gasteiger partial charge in [-0.25, -0.2) is 4.79 Å².